The van der Waals surface area contributed by atoms with Gasteiger partial charge in [0.1, 0.15) is 4.90 Å². The molecule has 0 aromatic carbocycles. The predicted octanol–water partition coefficient (Wildman–Crippen LogP) is 1.79. The third-order valence-corrected chi connectivity index (χ3v) is 5.08. The zero-order valence-electron chi connectivity index (χ0n) is 11.7. The highest BCUT2D eigenvalue weighted by Crippen LogP contribution is 2.22. The van der Waals surface area contributed by atoms with Crippen molar-refractivity contribution >= 4 is 26.5 Å². The first-order chi connectivity index (χ1) is 9.46. The molecule has 2 rings (SSSR count). The van der Waals surface area contributed by atoms with Gasteiger partial charge in [0.05, 0.1) is 0 Å². The van der Waals surface area contributed by atoms with Crippen LogP contribution in [0.3, 0.4) is 0 Å². The van der Waals surface area contributed by atoms with E-state index in [9.17, 15) is 8.42 Å². The maximum Gasteiger partial charge on any atom is 0.265 e. The topological polar surface area (TPSA) is 76.0 Å². The van der Waals surface area contributed by atoms with Gasteiger partial charge in [0, 0.05) is 36.1 Å². The van der Waals surface area contributed by atoms with Gasteiger partial charge in [0.25, 0.3) is 10.0 Å². The molecule has 2 aromatic heterocycles. The van der Waals surface area contributed by atoms with Gasteiger partial charge < -0.3 is 9.88 Å². The van der Waals surface area contributed by atoms with E-state index in [-0.39, 0.29) is 4.90 Å². The van der Waals surface area contributed by atoms with Gasteiger partial charge >= 0.3 is 0 Å². The van der Waals surface area contributed by atoms with Crippen molar-refractivity contribution in [3.63, 3.8) is 0 Å². The molecule has 2 heterocycles. The van der Waals surface area contributed by atoms with E-state index >= 15 is 0 Å². The zero-order chi connectivity index (χ0) is 14.8. The second kappa shape index (κ2) is 5.94. The highest BCUT2D eigenvalue weighted by molar-refractivity contribution is 7.93. The Kier molecular flexibility index (Phi) is 4.46. The quantitative estimate of drug-likeness (QED) is 0.852. The number of aromatic nitrogens is 2. The van der Waals surface area contributed by atoms with Crippen LogP contribution in [0.15, 0.2) is 23.4 Å². The second-order valence-electron chi connectivity index (χ2n) is 4.37. The molecule has 0 bridgehead atoms. The summed E-state index contributed by atoms with van der Waals surface area (Å²) in [5.41, 5.74) is 0.936. The van der Waals surface area contributed by atoms with E-state index < -0.39 is 10.0 Å². The molecular weight excluding hydrogens is 296 g/mol. The molecule has 0 unspecified atom stereocenters. The molecule has 0 aliphatic rings. The Hall–Kier alpha value is -1.38. The molecule has 0 atom stereocenters. The standard InChI is InChI=1S/C12H18N4O2S2/c1-4-16-8-11(5-10(16)7-13-3)20(17,18)15-12-14-6-9(2)19-12/h5-6,8,13H,4,7H2,1-3H3,(H,14,15). The van der Waals surface area contributed by atoms with Gasteiger partial charge in [-0.2, -0.15) is 0 Å². The van der Waals surface area contributed by atoms with Crippen molar-refractivity contribution in [3.05, 3.63) is 29.0 Å². The fraction of sp³-hybridized carbons (Fsp3) is 0.417. The number of hydrogen-bond donors (Lipinski definition) is 2. The molecule has 0 spiro atoms. The minimum Gasteiger partial charge on any atom is -0.349 e. The SMILES string of the molecule is CCn1cc(S(=O)(=O)Nc2ncc(C)s2)cc1CNC. The number of nitrogens with zero attached hydrogens (tertiary/aromatic N) is 2. The van der Waals surface area contributed by atoms with Crippen LogP contribution >= 0.6 is 11.3 Å². The van der Waals surface area contributed by atoms with E-state index in [1.807, 2.05) is 25.5 Å². The highest BCUT2D eigenvalue weighted by Gasteiger charge is 2.19. The van der Waals surface area contributed by atoms with Gasteiger partial charge in [0.2, 0.25) is 0 Å². The summed E-state index contributed by atoms with van der Waals surface area (Å²) in [6, 6.07) is 1.68. The van der Waals surface area contributed by atoms with Crippen molar-refractivity contribution < 1.29 is 8.42 Å². The average molecular weight is 314 g/mol. The third-order valence-electron chi connectivity index (χ3n) is 2.81. The Bertz CT molecular complexity index is 688. The summed E-state index contributed by atoms with van der Waals surface area (Å²) in [7, 11) is -1.75. The minimum absolute atomic E-state index is 0.262. The van der Waals surface area contributed by atoms with Gasteiger partial charge in [-0.25, -0.2) is 13.4 Å². The molecule has 0 aliphatic heterocycles. The lowest BCUT2D eigenvalue weighted by Gasteiger charge is -2.03. The molecule has 0 amide bonds. The molecule has 0 saturated heterocycles. The van der Waals surface area contributed by atoms with E-state index in [0.717, 1.165) is 17.1 Å². The van der Waals surface area contributed by atoms with Gasteiger partial charge in [-0.15, -0.1) is 11.3 Å². The highest BCUT2D eigenvalue weighted by atomic mass is 32.2. The number of aryl methyl sites for hydroxylation is 2. The van der Waals surface area contributed by atoms with Crippen LogP contribution in [0.5, 0.6) is 0 Å². The Morgan fingerprint density at radius 3 is 2.75 bits per heavy atom. The molecule has 20 heavy (non-hydrogen) atoms. The molecule has 110 valence electrons. The lowest BCUT2D eigenvalue weighted by Crippen LogP contribution is -2.12. The van der Waals surface area contributed by atoms with Crippen molar-refractivity contribution in [2.75, 3.05) is 11.8 Å². The van der Waals surface area contributed by atoms with Gasteiger partial charge in [-0.3, -0.25) is 4.72 Å². The first kappa shape index (κ1) is 15.0. The van der Waals surface area contributed by atoms with Crippen LogP contribution in [0, 0.1) is 6.92 Å². The Balaban J connectivity index is 2.29. The van der Waals surface area contributed by atoms with Crippen LogP contribution in [0.1, 0.15) is 17.5 Å². The number of rotatable bonds is 6. The smallest absolute Gasteiger partial charge is 0.265 e. The maximum atomic E-state index is 12.3. The summed E-state index contributed by atoms with van der Waals surface area (Å²) in [5, 5.41) is 3.42. The van der Waals surface area contributed by atoms with Crippen LogP contribution in [0.4, 0.5) is 5.13 Å². The Labute approximate surface area is 122 Å². The van der Waals surface area contributed by atoms with Crippen molar-refractivity contribution in [2.24, 2.45) is 0 Å². The van der Waals surface area contributed by atoms with Gasteiger partial charge in [0.15, 0.2) is 5.13 Å². The zero-order valence-corrected chi connectivity index (χ0v) is 13.3. The van der Waals surface area contributed by atoms with Crippen molar-refractivity contribution in [1.82, 2.24) is 14.9 Å². The maximum absolute atomic E-state index is 12.3. The third kappa shape index (κ3) is 3.20. The molecule has 8 heteroatoms. The largest absolute Gasteiger partial charge is 0.349 e. The van der Waals surface area contributed by atoms with Crippen LogP contribution in [0.2, 0.25) is 0 Å². The molecule has 0 aliphatic carbocycles. The fourth-order valence-corrected chi connectivity index (χ4v) is 3.84. The molecule has 0 saturated carbocycles. The summed E-state index contributed by atoms with van der Waals surface area (Å²) < 4.78 is 29.1. The normalized spacial score (nSPS) is 11.8. The van der Waals surface area contributed by atoms with E-state index in [2.05, 4.69) is 15.0 Å². The molecule has 0 radical (unpaired) electrons. The summed E-state index contributed by atoms with van der Waals surface area (Å²) in [6.07, 6.45) is 3.29. The summed E-state index contributed by atoms with van der Waals surface area (Å²) in [6.45, 7) is 5.21. The number of thiazole rings is 1. The second-order valence-corrected chi connectivity index (χ2v) is 7.28. The van der Waals surface area contributed by atoms with Crippen LogP contribution < -0.4 is 10.0 Å². The van der Waals surface area contributed by atoms with Crippen molar-refractivity contribution in [1.29, 1.82) is 0 Å². The van der Waals surface area contributed by atoms with Gasteiger partial charge in [-0.1, -0.05) is 0 Å². The summed E-state index contributed by atoms with van der Waals surface area (Å²) in [4.78, 5) is 5.25. The first-order valence-corrected chi connectivity index (χ1v) is 8.55. The van der Waals surface area contributed by atoms with Crippen LogP contribution in [-0.4, -0.2) is 25.0 Å². The molecule has 6 nitrogen and oxygen atoms in total. The lowest BCUT2D eigenvalue weighted by atomic mass is 10.4. The van der Waals surface area contributed by atoms with Crippen molar-refractivity contribution in [3.8, 4) is 0 Å². The van der Waals surface area contributed by atoms with E-state index in [1.165, 1.54) is 11.3 Å². The molecule has 0 fully saturated rings. The van der Waals surface area contributed by atoms with Crippen LogP contribution in [0.25, 0.3) is 0 Å². The number of sulfonamides is 1. The number of nitrogens with one attached hydrogen (secondary N) is 2. The lowest BCUT2D eigenvalue weighted by molar-refractivity contribution is 0.600. The van der Waals surface area contributed by atoms with Crippen LogP contribution in [-0.2, 0) is 23.1 Å². The van der Waals surface area contributed by atoms with E-state index in [0.29, 0.717) is 11.7 Å². The molecule has 2 aromatic rings. The Morgan fingerprint density at radius 1 is 1.45 bits per heavy atom. The number of hydrogen-bond acceptors (Lipinski definition) is 5. The average Bonchev–Trinajstić information content (AvgIpc) is 2.96. The molecular formula is C12H18N4O2S2. The van der Waals surface area contributed by atoms with Gasteiger partial charge in [-0.05, 0) is 27.0 Å². The Morgan fingerprint density at radius 2 is 2.20 bits per heavy atom. The first-order valence-electron chi connectivity index (χ1n) is 6.25. The monoisotopic (exact) mass is 314 g/mol. The van der Waals surface area contributed by atoms with E-state index in [4.69, 9.17) is 0 Å². The fourth-order valence-electron chi connectivity index (χ4n) is 1.87. The van der Waals surface area contributed by atoms with E-state index in [1.54, 1.807) is 18.5 Å². The summed E-state index contributed by atoms with van der Waals surface area (Å²) >= 11 is 1.32. The minimum atomic E-state index is -3.58. The predicted molar refractivity (Wildman–Crippen MR) is 80.5 cm³/mol. The molecule has 2 N–H and O–H groups in total. The summed E-state index contributed by atoms with van der Waals surface area (Å²) in [5.74, 6) is 0. The number of anilines is 1. The van der Waals surface area contributed by atoms with Crippen molar-refractivity contribution in [2.45, 2.75) is 31.8 Å².